The summed E-state index contributed by atoms with van der Waals surface area (Å²) >= 11 is 0. The molecule has 2 atom stereocenters. The summed E-state index contributed by atoms with van der Waals surface area (Å²) in [5, 5.41) is 0. The molecule has 1 aliphatic heterocycles. The van der Waals surface area contributed by atoms with E-state index in [2.05, 4.69) is 63.8 Å². The highest BCUT2D eigenvalue weighted by Gasteiger charge is 2.22. The van der Waals surface area contributed by atoms with E-state index in [-0.39, 0.29) is 5.41 Å². The van der Waals surface area contributed by atoms with Crippen LogP contribution in [0.2, 0.25) is 0 Å². The average molecular weight is 259 g/mol. The molecule has 2 rings (SSSR count). The molecule has 2 unspecified atom stereocenters. The Hall–Kier alpha value is -0.820. The Morgan fingerprint density at radius 1 is 1.05 bits per heavy atom. The molecule has 0 aliphatic carbocycles. The van der Waals surface area contributed by atoms with Gasteiger partial charge < -0.3 is 0 Å². The maximum Gasteiger partial charge on any atom is 0.0233 e. The lowest BCUT2D eigenvalue weighted by Crippen LogP contribution is -2.37. The monoisotopic (exact) mass is 259 g/mol. The van der Waals surface area contributed by atoms with Gasteiger partial charge in [-0.15, -0.1) is 0 Å². The van der Waals surface area contributed by atoms with Crippen molar-refractivity contribution >= 4 is 0 Å². The Bertz CT molecular complexity index is 399. The Balaban J connectivity index is 1.97. The molecular weight excluding hydrogens is 230 g/mol. The number of piperidine rings is 1. The van der Waals surface area contributed by atoms with Crippen molar-refractivity contribution in [3.8, 4) is 0 Å². The van der Waals surface area contributed by atoms with Crippen LogP contribution in [0.5, 0.6) is 0 Å². The van der Waals surface area contributed by atoms with Gasteiger partial charge >= 0.3 is 0 Å². The van der Waals surface area contributed by atoms with Gasteiger partial charge in [0, 0.05) is 13.1 Å². The molecule has 1 nitrogen and oxygen atoms in total. The summed E-state index contributed by atoms with van der Waals surface area (Å²) in [6, 6.07) is 9.21. The normalized spacial score (nSPS) is 25.5. The lowest BCUT2D eigenvalue weighted by molar-refractivity contribution is 0.132. The summed E-state index contributed by atoms with van der Waals surface area (Å²) in [6.07, 6.45) is 1.35. The van der Waals surface area contributed by atoms with Crippen molar-refractivity contribution < 1.29 is 0 Å². The summed E-state index contributed by atoms with van der Waals surface area (Å²) in [5.41, 5.74) is 3.14. The third-order valence-corrected chi connectivity index (χ3v) is 4.64. The van der Waals surface area contributed by atoms with E-state index in [0.717, 1.165) is 18.4 Å². The van der Waals surface area contributed by atoms with E-state index in [0.29, 0.717) is 0 Å². The first-order valence-corrected chi connectivity index (χ1v) is 7.68. The Morgan fingerprint density at radius 2 is 1.68 bits per heavy atom. The lowest BCUT2D eigenvalue weighted by atomic mass is 9.86. The minimum Gasteiger partial charge on any atom is -0.299 e. The second-order valence-electron chi connectivity index (χ2n) is 7.43. The van der Waals surface area contributed by atoms with E-state index in [1.54, 1.807) is 0 Å². The highest BCUT2D eigenvalue weighted by molar-refractivity contribution is 5.27. The van der Waals surface area contributed by atoms with Gasteiger partial charge in [0.05, 0.1) is 0 Å². The van der Waals surface area contributed by atoms with E-state index < -0.39 is 0 Å². The third kappa shape index (κ3) is 3.82. The van der Waals surface area contributed by atoms with E-state index in [9.17, 15) is 0 Å². The van der Waals surface area contributed by atoms with Gasteiger partial charge in [-0.1, -0.05) is 58.9 Å². The molecule has 1 heteroatoms. The van der Waals surface area contributed by atoms with Crippen LogP contribution < -0.4 is 0 Å². The third-order valence-electron chi connectivity index (χ3n) is 4.64. The number of likely N-dealkylation sites (tertiary alicyclic amines) is 1. The van der Waals surface area contributed by atoms with E-state index in [1.165, 1.54) is 30.6 Å². The topological polar surface area (TPSA) is 3.24 Å². The molecule has 0 aromatic heterocycles. The summed E-state index contributed by atoms with van der Waals surface area (Å²) in [6.45, 7) is 15.2. The highest BCUT2D eigenvalue weighted by atomic mass is 15.1. The van der Waals surface area contributed by atoms with Crippen LogP contribution in [-0.2, 0) is 12.0 Å². The standard InChI is InChI=1S/C18H29N/c1-14-10-11-19(12-15(14)2)13-16-6-8-17(9-7-16)18(3,4)5/h6-9,14-15H,10-13H2,1-5H3. The van der Waals surface area contributed by atoms with Gasteiger partial charge in [0.1, 0.15) is 0 Å². The molecule has 1 saturated heterocycles. The zero-order valence-corrected chi connectivity index (χ0v) is 13.2. The van der Waals surface area contributed by atoms with Gasteiger partial charge in [-0.2, -0.15) is 0 Å². The maximum atomic E-state index is 2.61. The first-order valence-electron chi connectivity index (χ1n) is 7.68. The van der Waals surface area contributed by atoms with E-state index in [4.69, 9.17) is 0 Å². The quantitative estimate of drug-likeness (QED) is 0.758. The van der Waals surface area contributed by atoms with Crippen molar-refractivity contribution in [3.05, 3.63) is 35.4 Å². The van der Waals surface area contributed by atoms with E-state index >= 15 is 0 Å². The van der Waals surface area contributed by atoms with Gasteiger partial charge in [-0.3, -0.25) is 4.90 Å². The van der Waals surface area contributed by atoms with Crippen molar-refractivity contribution in [2.24, 2.45) is 11.8 Å². The fourth-order valence-corrected chi connectivity index (χ4v) is 2.86. The molecule has 1 aliphatic rings. The summed E-state index contributed by atoms with van der Waals surface area (Å²) in [7, 11) is 0. The van der Waals surface area contributed by atoms with E-state index in [1.807, 2.05) is 0 Å². The van der Waals surface area contributed by atoms with Crippen molar-refractivity contribution in [2.45, 2.75) is 53.0 Å². The average Bonchev–Trinajstić information content (AvgIpc) is 2.33. The number of hydrogen-bond donors (Lipinski definition) is 0. The summed E-state index contributed by atoms with van der Waals surface area (Å²) in [4.78, 5) is 2.61. The molecule has 0 radical (unpaired) electrons. The van der Waals surface area contributed by atoms with Gasteiger partial charge in [0.15, 0.2) is 0 Å². The van der Waals surface area contributed by atoms with Crippen LogP contribution in [0.4, 0.5) is 0 Å². The molecule has 0 spiro atoms. The molecule has 0 saturated carbocycles. The lowest BCUT2D eigenvalue weighted by Gasteiger charge is -2.35. The fraction of sp³-hybridized carbons (Fsp3) is 0.667. The summed E-state index contributed by atoms with van der Waals surface area (Å²) in [5.74, 6) is 1.72. The summed E-state index contributed by atoms with van der Waals surface area (Å²) < 4.78 is 0. The Kier molecular flexibility index (Phi) is 4.35. The van der Waals surface area contributed by atoms with Gasteiger partial charge in [0.25, 0.3) is 0 Å². The van der Waals surface area contributed by atoms with Crippen LogP contribution in [0.25, 0.3) is 0 Å². The molecule has 1 aromatic carbocycles. The molecule has 1 heterocycles. The fourth-order valence-electron chi connectivity index (χ4n) is 2.86. The van der Waals surface area contributed by atoms with Crippen LogP contribution in [0.15, 0.2) is 24.3 Å². The second-order valence-corrected chi connectivity index (χ2v) is 7.43. The Labute approximate surface area is 119 Å². The molecule has 106 valence electrons. The van der Waals surface area contributed by atoms with Crippen LogP contribution in [0.1, 0.15) is 52.2 Å². The van der Waals surface area contributed by atoms with Crippen molar-refractivity contribution in [2.75, 3.05) is 13.1 Å². The molecule has 0 N–H and O–H groups in total. The number of nitrogens with zero attached hydrogens (tertiary/aromatic N) is 1. The first kappa shape index (κ1) is 14.6. The molecule has 0 bridgehead atoms. The second kappa shape index (κ2) is 5.66. The van der Waals surface area contributed by atoms with Gasteiger partial charge in [0.2, 0.25) is 0 Å². The van der Waals surface area contributed by atoms with Crippen molar-refractivity contribution in [3.63, 3.8) is 0 Å². The zero-order valence-electron chi connectivity index (χ0n) is 13.2. The number of benzene rings is 1. The van der Waals surface area contributed by atoms with Gasteiger partial charge in [-0.25, -0.2) is 0 Å². The predicted molar refractivity (Wildman–Crippen MR) is 83.4 cm³/mol. The Morgan fingerprint density at radius 3 is 2.21 bits per heavy atom. The minimum absolute atomic E-state index is 0.258. The number of rotatable bonds is 2. The highest BCUT2D eigenvalue weighted by Crippen LogP contribution is 2.25. The molecule has 1 fully saturated rings. The minimum atomic E-state index is 0.258. The van der Waals surface area contributed by atoms with Crippen molar-refractivity contribution in [1.29, 1.82) is 0 Å². The molecule has 19 heavy (non-hydrogen) atoms. The molecule has 1 aromatic rings. The largest absolute Gasteiger partial charge is 0.299 e. The molecule has 0 amide bonds. The first-order chi connectivity index (χ1) is 8.86. The van der Waals surface area contributed by atoms with Crippen LogP contribution in [-0.4, -0.2) is 18.0 Å². The smallest absolute Gasteiger partial charge is 0.0233 e. The van der Waals surface area contributed by atoms with Gasteiger partial charge in [-0.05, 0) is 41.3 Å². The molecular formula is C18H29N. The SMILES string of the molecule is CC1CCN(Cc2ccc(C(C)(C)C)cc2)CC1C. The zero-order chi connectivity index (χ0) is 14.0. The predicted octanol–water partition coefficient (Wildman–Crippen LogP) is 4.46. The van der Waals surface area contributed by atoms with Crippen molar-refractivity contribution in [1.82, 2.24) is 4.90 Å². The van der Waals surface area contributed by atoms with Crippen LogP contribution in [0.3, 0.4) is 0 Å². The van der Waals surface area contributed by atoms with Crippen LogP contribution >= 0.6 is 0 Å². The van der Waals surface area contributed by atoms with Crippen LogP contribution in [0, 0.1) is 11.8 Å². The number of hydrogen-bond acceptors (Lipinski definition) is 1. The maximum absolute atomic E-state index is 2.61.